The van der Waals surface area contributed by atoms with E-state index in [9.17, 15) is 9.90 Å². The second-order valence-corrected chi connectivity index (χ2v) is 4.06. The van der Waals surface area contributed by atoms with Crippen LogP contribution in [0.2, 0.25) is 0 Å². The Balaban J connectivity index is 3.10. The number of carbonyl (C=O) groups is 1. The summed E-state index contributed by atoms with van der Waals surface area (Å²) in [5.74, 6) is 0.220. The van der Waals surface area contributed by atoms with Gasteiger partial charge in [-0.2, -0.15) is 0 Å². The normalized spacial score (nSPS) is 10.2. The van der Waals surface area contributed by atoms with Crippen LogP contribution in [0, 0.1) is 13.8 Å². The smallest absolute Gasteiger partial charge is 0.188 e. The van der Waals surface area contributed by atoms with Crippen LogP contribution in [0.5, 0.6) is 5.75 Å². The molecule has 2 heteroatoms. The van der Waals surface area contributed by atoms with E-state index in [2.05, 4.69) is 6.58 Å². The van der Waals surface area contributed by atoms with Crippen molar-refractivity contribution in [3.05, 3.63) is 41.0 Å². The summed E-state index contributed by atoms with van der Waals surface area (Å²) in [6.45, 7) is 9.48. The van der Waals surface area contributed by atoms with Gasteiger partial charge in [0.05, 0.1) is 0 Å². The molecule has 0 heterocycles. The van der Waals surface area contributed by atoms with Gasteiger partial charge in [-0.25, -0.2) is 0 Å². The summed E-state index contributed by atoms with van der Waals surface area (Å²) >= 11 is 0. The molecule has 0 spiro atoms. The van der Waals surface area contributed by atoms with Crippen molar-refractivity contribution in [3.8, 4) is 5.75 Å². The van der Waals surface area contributed by atoms with E-state index in [1.807, 2.05) is 20.8 Å². The van der Waals surface area contributed by atoms with E-state index in [0.29, 0.717) is 11.1 Å². The zero-order valence-electron chi connectivity index (χ0n) is 10.1. The van der Waals surface area contributed by atoms with Crippen LogP contribution >= 0.6 is 0 Å². The van der Waals surface area contributed by atoms with Gasteiger partial charge in [0.15, 0.2) is 5.78 Å². The third kappa shape index (κ3) is 2.32. The molecule has 0 bridgehead atoms. The standard InChI is InChI=1S/C14H18O2/c1-5-6-9(2)14(16)12-7-8-13(15)11(4)10(12)3/h7-8,15H,2,5-6H2,1,3-4H3. The first-order valence-corrected chi connectivity index (χ1v) is 5.50. The van der Waals surface area contributed by atoms with Crippen LogP contribution in [0.15, 0.2) is 24.3 Å². The van der Waals surface area contributed by atoms with Crippen LogP contribution in [0.3, 0.4) is 0 Å². The Labute approximate surface area is 96.6 Å². The van der Waals surface area contributed by atoms with Gasteiger partial charge < -0.3 is 5.11 Å². The molecule has 0 aromatic heterocycles. The summed E-state index contributed by atoms with van der Waals surface area (Å²) in [4.78, 5) is 12.0. The third-order valence-electron chi connectivity index (χ3n) is 2.88. The average Bonchev–Trinajstić information content (AvgIpc) is 2.26. The predicted octanol–water partition coefficient (Wildman–Crippen LogP) is 3.55. The Morgan fingerprint density at radius 1 is 1.31 bits per heavy atom. The number of phenolic OH excluding ortho intramolecular Hbond substituents is 1. The summed E-state index contributed by atoms with van der Waals surface area (Å²) in [6, 6.07) is 3.23. The maximum Gasteiger partial charge on any atom is 0.188 e. The van der Waals surface area contributed by atoms with E-state index < -0.39 is 0 Å². The zero-order valence-corrected chi connectivity index (χ0v) is 10.1. The zero-order chi connectivity index (χ0) is 12.3. The number of ketones is 1. The van der Waals surface area contributed by atoms with E-state index in [1.165, 1.54) is 0 Å². The number of benzene rings is 1. The van der Waals surface area contributed by atoms with Crippen molar-refractivity contribution in [1.29, 1.82) is 0 Å². The Morgan fingerprint density at radius 2 is 1.94 bits per heavy atom. The molecule has 0 saturated heterocycles. The molecule has 1 N–H and O–H groups in total. The number of hydrogen-bond donors (Lipinski definition) is 1. The number of phenols is 1. The minimum Gasteiger partial charge on any atom is -0.508 e. The van der Waals surface area contributed by atoms with Crippen molar-refractivity contribution in [3.63, 3.8) is 0 Å². The minimum absolute atomic E-state index is 0.0116. The fourth-order valence-corrected chi connectivity index (χ4v) is 1.66. The molecule has 0 aliphatic rings. The van der Waals surface area contributed by atoms with Gasteiger partial charge in [0.2, 0.25) is 0 Å². The highest BCUT2D eigenvalue weighted by Crippen LogP contribution is 2.25. The largest absolute Gasteiger partial charge is 0.508 e. The summed E-state index contributed by atoms with van der Waals surface area (Å²) in [5.41, 5.74) is 2.88. The van der Waals surface area contributed by atoms with Gasteiger partial charge in [-0.1, -0.05) is 19.9 Å². The van der Waals surface area contributed by atoms with E-state index in [1.54, 1.807) is 12.1 Å². The first-order valence-electron chi connectivity index (χ1n) is 5.50. The molecule has 0 fully saturated rings. The molecule has 86 valence electrons. The lowest BCUT2D eigenvalue weighted by molar-refractivity contribution is 0.103. The summed E-state index contributed by atoms with van der Waals surface area (Å²) in [7, 11) is 0. The second kappa shape index (κ2) is 4.97. The Kier molecular flexibility index (Phi) is 3.88. The number of aromatic hydroxyl groups is 1. The molecule has 1 aromatic carbocycles. The number of rotatable bonds is 4. The lowest BCUT2D eigenvalue weighted by Gasteiger charge is -2.10. The van der Waals surface area contributed by atoms with Crippen LogP contribution in [0.1, 0.15) is 41.3 Å². The SMILES string of the molecule is C=C(CCC)C(=O)c1ccc(O)c(C)c1C. The monoisotopic (exact) mass is 218 g/mol. The maximum atomic E-state index is 12.0. The molecule has 0 aliphatic carbocycles. The van der Waals surface area contributed by atoms with Gasteiger partial charge in [0.25, 0.3) is 0 Å². The number of Topliss-reactive ketones (excluding diaryl/α,β-unsaturated/α-hetero) is 1. The lowest BCUT2D eigenvalue weighted by atomic mass is 9.94. The second-order valence-electron chi connectivity index (χ2n) is 4.06. The molecule has 16 heavy (non-hydrogen) atoms. The van der Waals surface area contributed by atoms with Crippen LogP contribution in [-0.4, -0.2) is 10.9 Å². The van der Waals surface area contributed by atoms with Crippen LogP contribution in [0.4, 0.5) is 0 Å². The van der Waals surface area contributed by atoms with Gasteiger partial charge in [-0.3, -0.25) is 4.79 Å². The summed E-state index contributed by atoms with van der Waals surface area (Å²) in [6.07, 6.45) is 1.64. The molecule has 0 radical (unpaired) electrons. The average molecular weight is 218 g/mol. The predicted molar refractivity (Wildman–Crippen MR) is 66.0 cm³/mol. The van der Waals surface area contributed by atoms with Gasteiger partial charge in [0, 0.05) is 5.56 Å². The van der Waals surface area contributed by atoms with E-state index in [0.717, 1.165) is 24.0 Å². The highest BCUT2D eigenvalue weighted by atomic mass is 16.3. The van der Waals surface area contributed by atoms with Gasteiger partial charge in [-0.15, -0.1) is 0 Å². The number of hydrogen-bond acceptors (Lipinski definition) is 2. The number of allylic oxidation sites excluding steroid dienone is 1. The fraction of sp³-hybridized carbons (Fsp3) is 0.357. The van der Waals surface area contributed by atoms with E-state index in [-0.39, 0.29) is 11.5 Å². The Bertz CT molecular complexity index is 431. The molecular weight excluding hydrogens is 200 g/mol. The quantitative estimate of drug-likeness (QED) is 0.620. The molecule has 0 aliphatic heterocycles. The summed E-state index contributed by atoms with van der Waals surface area (Å²) in [5, 5.41) is 9.51. The van der Waals surface area contributed by atoms with Crippen molar-refractivity contribution in [1.82, 2.24) is 0 Å². The fourth-order valence-electron chi connectivity index (χ4n) is 1.66. The third-order valence-corrected chi connectivity index (χ3v) is 2.88. The highest BCUT2D eigenvalue weighted by Gasteiger charge is 2.14. The van der Waals surface area contributed by atoms with E-state index in [4.69, 9.17) is 0 Å². The van der Waals surface area contributed by atoms with Crippen LogP contribution < -0.4 is 0 Å². The molecule has 1 rings (SSSR count). The Morgan fingerprint density at radius 3 is 2.50 bits per heavy atom. The highest BCUT2D eigenvalue weighted by molar-refractivity contribution is 6.09. The lowest BCUT2D eigenvalue weighted by Crippen LogP contribution is -2.05. The van der Waals surface area contributed by atoms with E-state index >= 15 is 0 Å². The maximum absolute atomic E-state index is 12.0. The molecule has 0 saturated carbocycles. The summed E-state index contributed by atoms with van der Waals surface area (Å²) < 4.78 is 0. The van der Waals surface area contributed by atoms with Crippen molar-refractivity contribution >= 4 is 5.78 Å². The molecule has 0 amide bonds. The molecule has 0 atom stereocenters. The minimum atomic E-state index is -0.0116. The molecular formula is C14H18O2. The van der Waals surface area contributed by atoms with Crippen molar-refractivity contribution in [2.24, 2.45) is 0 Å². The number of carbonyl (C=O) groups excluding carboxylic acids is 1. The van der Waals surface area contributed by atoms with Gasteiger partial charge >= 0.3 is 0 Å². The topological polar surface area (TPSA) is 37.3 Å². The molecule has 2 nitrogen and oxygen atoms in total. The van der Waals surface area contributed by atoms with Gasteiger partial charge in [0.1, 0.15) is 5.75 Å². The molecule has 1 aromatic rings. The van der Waals surface area contributed by atoms with Crippen molar-refractivity contribution in [2.45, 2.75) is 33.6 Å². The Hall–Kier alpha value is -1.57. The van der Waals surface area contributed by atoms with Crippen molar-refractivity contribution in [2.75, 3.05) is 0 Å². The van der Waals surface area contributed by atoms with Crippen LogP contribution in [0.25, 0.3) is 0 Å². The first-order chi connectivity index (χ1) is 7.49. The van der Waals surface area contributed by atoms with Gasteiger partial charge in [-0.05, 0) is 49.1 Å². The first kappa shape index (κ1) is 12.5. The van der Waals surface area contributed by atoms with Crippen LogP contribution in [-0.2, 0) is 0 Å². The van der Waals surface area contributed by atoms with Crippen molar-refractivity contribution < 1.29 is 9.90 Å². The molecule has 0 unspecified atom stereocenters.